The van der Waals surface area contributed by atoms with Gasteiger partial charge in [-0.25, -0.2) is 9.59 Å². The van der Waals surface area contributed by atoms with Gasteiger partial charge in [-0.05, 0) is 12.1 Å². The molecule has 1 heterocycles. The van der Waals surface area contributed by atoms with E-state index in [4.69, 9.17) is 0 Å². The van der Waals surface area contributed by atoms with Crippen LogP contribution in [0.4, 0.5) is 0 Å². The average molecular weight is 335 g/mol. The van der Waals surface area contributed by atoms with Gasteiger partial charge in [0.05, 0.1) is 11.1 Å². The molecular weight excluding hydrogens is 298 g/mol. The topological polar surface area (TPSA) is 428 Å². The third-order valence-corrected chi connectivity index (χ3v) is 1.55. The Morgan fingerprint density at radius 1 is 0.500 bits per heavy atom. The molecule has 22 heavy (non-hydrogen) atoms. The molecule has 0 unspecified atom stereocenters. The third kappa shape index (κ3) is 11.7. The number of ether oxygens (including phenoxy) is 1. The zero-order chi connectivity index (χ0) is 7.84. The summed E-state index contributed by atoms with van der Waals surface area (Å²) in [7, 11) is 0. The summed E-state index contributed by atoms with van der Waals surface area (Å²) < 4.78 is 4.35. The van der Waals surface area contributed by atoms with E-state index in [0.717, 1.165) is 0 Å². The highest BCUT2D eigenvalue weighted by Crippen LogP contribution is 2.18. The first-order valence-corrected chi connectivity index (χ1v) is 3.14. The molecule has 2 rings (SSSR count). The van der Waals surface area contributed by atoms with Crippen LogP contribution in [0.2, 0.25) is 0 Å². The monoisotopic (exact) mass is 335 g/mol. The van der Waals surface area contributed by atoms with Gasteiger partial charge in [-0.3, -0.25) is 0 Å². The highest BCUT2D eigenvalue weighted by atomic mass is 16.6. The Kier molecular flexibility index (Phi) is 89.9. The van der Waals surface area contributed by atoms with Gasteiger partial charge in [-0.15, -0.1) is 0 Å². The zero-order valence-corrected chi connectivity index (χ0v) is 13.3. The van der Waals surface area contributed by atoms with Gasteiger partial charge < -0.3 is 72.4 Å². The van der Waals surface area contributed by atoms with Gasteiger partial charge in [0, 0.05) is 0 Å². The quantitative estimate of drug-likeness (QED) is 0.239. The van der Waals surface area contributed by atoms with E-state index in [1.807, 2.05) is 0 Å². The summed E-state index contributed by atoms with van der Waals surface area (Å²) >= 11 is 0. The Labute approximate surface area is 130 Å². The van der Waals surface area contributed by atoms with Crippen LogP contribution in [-0.2, 0) is 4.74 Å². The van der Waals surface area contributed by atoms with Crippen molar-refractivity contribution in [1.29, 1.82) is 0 Å². The highest BCUT2D eigenvalue weighted by molar-refractivity contribution is 6.14. The molecular formula is C8H37N11O3. The van der Waals surface area contributed by atoms with Crippen molar-refractivity contribution >= 4 is 11.9 Å². The summed E-state index contributed by atoms with van der Waals surface area (Å²) in [5, 5.41) is 0. The van der Waals surface area contributed by atoms with Crippen LogP contribution in [0.25, 0.3) is 0 Å². The van der Waals surface area contributed by atoms with Gasteiger partial charge in [-0.2, -0.15) is 0 Å². The van der Waals surface area contributed by atoms with E-state index in [2.05, 4.69) is 4.74 Å². The Morgan fingerprint density at radius 3 is 0.955 bits per heavy atom. The van der Waals surface area contributed by atoms with Crippen molar-refractivity contribution in [1.82, 2.24) is 67.7 Å². The normalized spacial score (nSPS) is 7.27. The van der Waals surface area contributed by atoms with E-state index in [9.17, 15) is 9.59 Å². The van der Waals surface area contributed by atoms with Crippen LogP contribution >= 0.6 is 0 Å². The van der Waals surface area contributed by atoms with Crippen LogP contribution in [0.5, 0.6) is 0 Å². The Bertz CT molecular complexity index is 330. The lowest BCUT2D eigenvalue weighted by Gasteiger charge is -1.86. The van der Waals surface area contributed by atoms with Crippen LogP contribution in [0.15, 0.2) is 24.3 Å². The lowest BCUT2D eigenvalue weighted by atomic mass is 10.1. The molecule has 14 nitrogen and oxygen atoms in total. The lowest BCUT2D eigenvalue weighted by Crippen LogP contribution is -1.96. The van der Waals surface area contributed by atoms with Crippen molar-refractivity contribution in [3.05, 3.63) is 35.4 Å². The van der Waals surface area contributed by atoms with Crippen molar-refractivity contribution in [3.63, 3.8) is 0 Å². The molecule has 0 spiro atoms. The Hall–Kier alpha value is -2.08. The smallest absolute Gasteiger partial charge is 0.346 e. The molecule has 0 aliphatic carbocycles. The van der Waals surface area contributed by atoms with E-state index < -0.39 is 11.9 Å². The number of carbonyl (C=O) groups excluding carboxylic acids is 2. The fourth-order valence-corrected chi connectivity index (χ4v) is 1.03. The van der Waals surface area contributed by atoms with Crippen molar-refractivity contribution in [2.75, 3.05) is 0 Å². The molecule has 1 aromatic rings. The molecule has 0 amide bonds. The van der Waals surface area contributed by atoms with Crippen LogP contribution in [0.3, 0.4) is 0 Å². The SMILES string of the molecule is N.N.N.N.N.N.N.N.N.N.N.O=C1OC(=O)c2ccccc21. The second-order valence-corrected chi connectivity index (χ2v) is 2.22. The second kappa shape index (κ2) is 27.3. The predicted octanol–water partition coefficient (Wildman–Crippen LogP) is 2.78. The first kappa shape index (κ1) is 72.5. The molecule has 0 bridgehead atoms. The summed E-state index contributed by atoms with van der Waals surface area (Å²) in [5.41, 5.74) is 0.718. The molecule has 14 heteroatoms. The number of carbonyl (C=O) groups is 2. The van der Waals surface area contributed by atoms with Crippen LogP contribution in [-0.4, -0.2) is 11.9 Å². The molecule has 33 N–H and O–H groups in total. The Morgan fingerprint density at radius 2 is 0.727 bits per heavy atom. The molecule has 1 aliphatic heterocycles. The summed E-state index contributed by atoms with van der Waals surface area (Å²) in [4.78, 5) is 21.7. The standard InChI is InChI=1S/C8H4O3.11H3N/c9-7-5-3-1-2-4-6(5)8(10)11-7;;;;;;;;;;;/h1-4H;11*1H3. The minimum absolute atomic E-state index is 0. The van der Waals surface area contributed by atoms with Gasteiger partial charge in [0.15, 0.2) is 0 Å². The molecule has 0 atom stereocenters. The minimum atomic E-state index is -0.550. The molecule has 142 valence electrons. The van der Waals surface area contributed by atoms with Gasteiger partial charge in [0.1, 0.15) is 0 Å². The van der Waals surface area contributed by atoms with E-state index in [1.165, 1.54) is 0 Å². The summed E-state index contributed by atoms with van der Waals surface area (Å²) in [6, 6.07) is 6.53. The first-order valence-electron chi connectivity index (χ1n) is 3.14. The number of cyclic esters (lactones) is 2. The minimum Gasteiger partial charge on any atom is -0.386 e. The number of rotatable bonds is 0. The van der Waals surface area contributed by atoms with E-state index in [1.54, 1.807) is 24.3 Å². The highest BCUT2D eigenvalue weighted by Gasteiger charge is 2.28. The number of fused-ring (bicyclic) bond motifs is 1. The molecule has 0 saturated heterocycles. The van der Waals surface area contributed by atoms with Gasteiger partial charge in [0.2, 0.25) is 0 Å². The maximum Gasteiger partial charge on any atom is 0.346 e. The van der Waals surface area contributed by atoms with Crippen molar-refractivity contribution < 1.29 is 14.3 Å². The first-order chi connectivity index (χ1) is 5.29. The summed E-state index contributed by atoms with van der Waals surface area (Å²) in [6.45, 7) is 0. The molecule has 0 fully saturated rings. The number of hydrogen-bond acceptors (Lipinski definition) is 14. The van der Waals surface area contributed by atoms with E-state index in [-0.39, 0.29) is 67.7 Å². The Balaban J connectivity index is -0.0000000164. The molecule has 1 aliphatic rings. The molecule has 0 radical (unpaired) electrons. The fourth-order valence-electron chi connectivity index (χ4n) is 1.03. The number of hydrogen-bond donors (Lipinski definition) is 11. The van der Waals surface area contributed by atoms with Crippen LogP contribution < -0.4 is 67.7 Å². The van der Waals surface area contributed by atoms with Crippen molar-refractivity contribution in [3.8, 4) is 0 Å². The lowest BCUT2D eigenvalue weighted by molar-refractivity contribution is 0.0443. The predicted molar refractivity (Wildman–Crippen MR) is 91.4 cm³/mol. The van der Waals surface area contributed by atoms with Crippen molar-refractivity contribution in [2.45, 2.75) is 0 Å². The summed E-state index contributed by atoms with van der Waals surface area (Å²) in [6.07, 6.45) is 0. The summed E-state index contributed by atoms with van der Waals surface area (Å²) in [5.74, 6) is -1.10. The van der Waals surface area contributed by atoms with E-state index in [0.29, 0.717) is 11.1 Å². The van der Waals surface area contributed by atoms with Crippen LogP contribution in [0, 0.1) is 0 Å². The number of benzene rings is 1. The largest absolute Gasteiger partial charge is 0.386 e. The van der Waals surface area contributed by atoms with E-state index >= 15 is 0 Å². The average Bonchev–Trinajstić information content (AvgIpc) is 2.30. The third-order valence-electron chi connectivity index (χ3n) is 1.55. The van der Waals surface area contributed by atoms with Gasteiger partial charge in [-0.1, -0.05) is 12.1 Å². The second-order valence-electron chi connectivity index (χ2n) is 2.22. The molecule has 0 saturated carbocycles. The maximum absolute atomic E-state index is 10.8. The zero-order valence-electron chi connectivity index (χ0n) is 13.3. The van der Waals surface area contributed by atoms with Crippen LogP contribution in [0.1, 0.15) is 20.7 Å². The molecule has 1 aromatic carbocycles. The number of esters is 2. The van der Waals surface area contributed by atoms with Gasteiger partial charge >= 0.3 is 11.9 Å². The molecule has 0 aromatic heterocycles. The maximum atomic E-state index is 10.8. The fraction of sp³-hybridized carbons (Fsp3) is 0. The van der Waals surface area contributed by atoms with Gasteiger partial charge in [0.25, 0.3) is 0 Å². The van der Waals surface area contributed by atoms with Crippen molar-refractivity contribution in [2.24, 2.45) is 0 Å².